The van der Waals surface area contributed by atoms with Gasteiger partial charge in [-0.3, -0.25) is 9.59 Å². The predicted octanol–water partition coefficient (Wildman–Crippen LogP) is 2.83. The van der Waals surface area contributed by atoms with Gasteiger partial charge in [0.2, 0.25) is 11.8 Å². The van der Waals surface area contributed by atoms with Crippen molar-refractivity contribution in [2.75, 3.05) is 20.8 Å². The summed E-state index contributed by atoms with van der Waals surface area (Å²) in [7, 11) is 2.80. The van der Waals surface area contributed by atoms with Crippen LogP contribution in [0.5, 0.6) is 11.5 Å². The Morgan fingerprint density at radius 3 is 2.36 bits per heavy atom. The van der Waals surface area contributed by atoms with E-state index in [1.807, 2.05) is 33.8 Å². The first kappa shape index (κ1) is 30.9. The van der Waals surface area contributed by atoms with Gasteiger partial charge in [0.15, 0.2) is 5.69 Å². The van der Waals surface area contributed by atoms with Gasteiger partial charge < -0.3 is 35.5 Å². The van der Waals surface area contributed by atoms with Gasteiger partial charge in [-0.1, -0.05) is 33.6 Å². The van der Waals surface area contributed by atoms with E-state index in [1.54, 1.807) is 13.2 Å². The van der Waals surface area contributed by atoms with E-state index in [2.05, 4.69) is 15.6 Å². The third-order valence-electron chi connectivity index (χ3n) is 7.93. The van der Waals surface area contributed by atoms with Gasteiger partial charge in [-0.25, -0.2) is 14.6 Å². The molecule has 1 aromatic heterocycles. The van der Waals surface area contributed by atoms with Crippen molar-refractivity contribution in [3.63, 3.8) is 0 Å². The van der Waals surface area contributed by atoms with Crippen LogP contribution in [-0.2, 0) is 14.3 Å². The minimum Gasteiger partial charge on any atom is -0.496 e. The van der Waals surface area contributed by atoms with Gasteiger partial charge in [-0.15, -0.1) is 0 Å². The maximum Gasteiger partial charge on any atom is 0.356 e. The summed E-state index contributed by atoms with van der Waals surface area (Å²) >= 11 is 0. The molecule has 12 heteroatoms. The van der Waals surface area contributed by atoms with E-state index in [1.165, 1.54) is 18.1 Å². The van der Waals surface area contributed by atoms with Crippen LogP contribution < -0.4 is 25.8 Å². The van der Waals surface area contributed by atoms with Gasteiger partial charge >= 0.3 is 12.0 Å². The van der Waals surface area contributed by atoms with E-state index in [4.69, 9.17) is 19.9 Å². The summed E-state index contributed by atoms with van der Waals surface area (Å²) < 4.78 is 16.7. The summed E-state index contributed by atoms with van der Waals surface area (Å²) in [5, 5.41) is 6.43. The van der Waals surface area contributed by atoms with Gasteiger partial charge in [-0.05, 0) is 36.8 Å². The Balaban J connectivity index is 1.61. The number of carbonyl (C=O) groups is 4. The molecular weight excluding hydrogens is 542 g/mol. The van der Waals surface area contributed by atoms with E-state index in [0.29, 0.717) is 22.4 Å². The second kappa shape index (κ2) is 12.4. The number of ether oxygens (including phenoxy) is 3. The largest absolute Gasteiger partial charge is 0.496 e. The predicted molar refractivity (Wildman–Crippen MR) is 155 cm³/mol. The van der Waals surface area contributed by atoms with E-state index in [9.17, 15) is 19.2 Å². The number of likely N-dealkylation sites (tertiary alicyclic amines) is 1. The number of pyridine rings is 1. The van der Waals surface area contributed by atoms with Gasteiger partial charge in [0.1, 0.15) is 29.7 Å². The number of primary amides is 1. The molecule has 0 radical (unpaired) electrons. The van der Waals surface area contributed by atoms with Crippen LogP contribution in [0.2, 0.25) is 0 Å². The molecule has 1 aliphatic heterocycles. The molecule has 2 aliphatic rings. The molecule has 4 amide bonds. The molecule has 4 rings (SSSR count). The lowest BCUT2D eigenvalue weighted by Gasteiger charge is -2.35. The lowest BCUT2D eigenvalue weighted by molar-refractivity contribution is -0.141. The molecule has 2 heterocycles. The molecule has 228 valence electrons. The van der Waals surface area contributed by atoms with Gasteiger partial charge in [0, 0.05) is 30.0 Å². The molecule has 0 bridgehead atoms. The highest BCUT2D eigenvalue weighted by atomic mass is 16.5. The van der Waals surface area contributed by atoms with Crippen molar-refractivity contribution in [3.05, 3.63) is 29.5 Å². The minimum absolute atomic E-state index is 0.0357. The first-order valence-electron chi connectivity index (χ1n) is 14.2. The van der Waals surface area contributed by atoms with Crippen molar-refractivity contribution >= 4 is 34.7 Å². The van der Waals surface area contributed by atoms with Crippen molar-refractivity contribution in [3.8, 4) is 11.5 Å². The fourth-order valence-corrected chi connectivity index (χ4v) is 5.68. The van der Waals surface area contributed by atoms with Crippen LogP contribution >= 0.6 is 0 Å². The number of rotatable bonds is 8. The Hall–Kier alpha value is -4.09. The number of nitrogens with two attached hydrogens (primary N) is 1. The number of aryl methyl sites for hydroxylation is 1. The molecule has 1 unspecified atom stereocenters. The standard InChI is InChI=1S/C30H41N5O7/c1-16-11-19-20(13-23(16)40-5)33-21(28(38)41-6)14-24(19)42-18-12-22(26(31)36)35(15-18)27(37)25(30(2,3)4)34-29(39)32-17-9-7-8-10-17/h11,13-14,17-18,22,25H,7-10,12,15H2,1-6H3,(H2,31,36)(H2,32,34,39)/t18?,22-,25+/m0/s1. The van der Waals surface area contributed by atoms with E-state index >= 15 is 0 Å². The molecule has 1 saturated carbocycles. The number of amides is 4. The molecule has 1 aromatic carbocycles. The zero-order valence-electron chi connectivity index (χ0n) is 25.1. The van der Waals surface area contributed by atoms with Crippen molar-refractivity contribution < 1.29 is 33.4 Å². The molecule has 42 heavy (non-hydrogen) atoms. The van der Waals surface area contributed by atoms with E-state index < -0.39 is 47.4 Å². The number of benzene rings is 1. The number of aromatic nitrogens is 1. The van der Waals surface area contributed by atoms with Crippen LogP contribution in [0.15, 0.2) is 18.2 Å². The van der Waals surface area contributed by atoms with Crippen LogP contribution in [0.4, 0.5) is 4.79 Å². The Morgan fingerprint density at radius 2 is 1.76 bits per heavy atom. The number of hydrogen-bond acceptors (Lipinski definition) is 8. The average Bonchev–Trinajstić information content (AvgIpc) is 3.60. The SMILES string of the molecule is COC(=O)c1cc(OC2C[C@@H](C(N)=O)N(C(=O)[C@@H](NC(=O)NC3CCCC3)C(C)(C)C)C2)c2cc(C)c(OC)cc2n1. The number of esters is 1. The number of nitrogens with zero attached hydrogens (tertiary/aromatic N) is 2. The summed E-state index contributed by atoms with van der Waals surface area (Å²) in [4.78, 5) is 57.5. The van der Waals surface area contributed by atoms with Gasteiger partial charge in [-0.2, -0.15) is 0 Å². The molecule has 1 saturated heterocycles. The van der Waals surface area contributed by atoms with Crippen LogP contribution in [-0.4, -0.2) is 78.7 Å². The first-order valence-corrected chi connectivity index (χ1v) is 14.2. The summed E-state index contributed by atoms with van der Waals surface area (Å²) in [6.45, 7) is 7.48. The number of fused-ring (bicyclic) bond motifs is 1. The number of methoxy groups -OCH3 is 2. The summed E-state index contributed by atoms with van der Waals surface area (Å²) in [5.41, 5.74) is 6.42. The average molecular weight is 584 g/mol. The molecule has 3 atom stereocenters. The highest BCUT2D eigenvalue weighted by molar-refractivity contribution is 5.95. The second-order valence-electron chi connectivity index (χ2n) is 12.1. The number of nitrogens with one attached hydrogen (secondary N) is 2. The number of urea groups is 1. The fraction of sp³-hybridized carbons (Fsp3) is 0.567. The zero-order valence-corrected chi connectivity index (χ0v) is 25.1. The van der Waals surface area contributed by atoms with Crippen molar-refractivity contribution in [2.24, 2.45) is 11.1 Å². The molecule has 4 N–H and O–H groups in total. The van der Waals surface area contributed by atoms with E-state index in [-0.39, 0.29) is 24.7 Å². The van der Waals surface area contributed by atoms with Crippen LogP contribution in [0, 0.1) is 12.3 Å². The number of hydrogen-bond donors (Lipinski definition) is 3. The molecule has 1 aliphatic carbocycles. The smallest absolute Gasteiger partial charge is 0.356 e. The minimum atomic E-state index is -0.943. The van der Waals surface area contributed by atoms with Gasteiger partial charge in [0.25, 0.3) is 0 Å². The summed E-state index contributed by atoms with van der Waals surface area (Å²) in [5.74, 6) is -0.806. The second-order valence-corrected chi connectivity index (χ2v) is 12.1. The van der Waals surface area contributed by atoms with Crippen LogP contribution in [0.3, 0.4) is 0 Å². The maximum atomic E-state index is 13.9. The topological polar surface area (TPSA) is 162 Å². The van der Waals surface area contributed by atoms with Crippen LogP contribution in [0.1, 0.15) is 68.9 Å². The monoisotopic (exact) mass is 583 g/mol. The van der Waals surface area contributed by atoms with Gasteiger partial charge in [0.05, 0.1) is 26.3 Å². The third-order valence-corrected chi connectivity index (χ3v) is 7.93. The Morgan fingerprint density at radius 1 is 1.07 bits per heavy atom. The Labute approximate surface area is 245 Å². The van der Waals surface area contributed by atoms with Crippen molar-refractivity contribution in [1.29, 1.82) is 0 Å². The zero-order chi connectivity index (χ0) is 30.8. The third kappa shape index (κ3) is 6.69. The van der Waals surface area contributed by atoms with Crippen molar-refractivity contribution in [2.45, 2.75) is 84.0 Å². The maximum absolute atomic E-state index is 13.9. The highest BCUT2D eigenvalue weighted by Gasteiger charge is 2.45. The van der Waals surface area contributed by atoms with Crippen molar-refractivity contribution in [1.82, 2.24) is 20.5 Å². The first-order chi connectivity index (χ1) is 19.8. The molecule has 2 aromatic rings. The fourth-order valence-electron chi connectivity index (χ4n) is 5.68. The molecule has 12 nitrogen and oxygen atoms in total. The Bertz CT molecular complexity index is 1370. The van der Waals surface area contributed by atoms with Crippen LogP contribution in [0.25, 0.3) is 10.9 Å². The molecular formula is C30H41N5O7. The van der Waals surface area contributed by atoms with E-state index in [0.717, 1.165) is 31.2 Å². The Kier molecular flexibility index (Phi) is 9.12. The molecule has 2 fully saturated rings. The summed E-state index contributed by atoms with van der Waals surface area (Å²) in [6.07, 6.45) is 3.44. The molecule has 0 spiro atoms. The number of carbonyl (C=O) groups excluding carboxylic acids is 4. The quantitative estimate of drug-likeness (QED) is 0.400. The normalized spacial score (nSPS) is 19.8. The lowest BCUT2D eigenvalue weighted by Crippen LogP contribution is -2.59. The lowest BCUT2D eigenvalue weighted by atomic mass is 9.85. The highest BCUT2D eigenvalue weighted by Crippen LogP contribution is 2.34. The summed E-state index contributed by atoms with van der Waals surface area (Å²) in [6, 6.07) is 2.83.